The maximum absolute atomic E-state index is 6.40. The number of hydrogen-bond acceptors (Lipinski definition) is 2. The van der Waals surface area contributed by atoms with Crippen molar-refractivity contribution < 1.29 is 4.42 Å². The van der Waals surface area contributed by atoms with Crippen LogP contribution >= 0.6 is 0 Å². The first-order chi connectivity index (χ1) is 25.8. The van der Waals surface area contributed by atoms with E-state index < -0.39 is 0 Å². The molecule has 0 unspecified atom stereocenters. The molecule has 2 nitrogen and oxygen atoms in total. The summed E-state index contributed by atoms with van der Waals surface area (Å²) in [6.45, 7) is 0. The molecule has 0 bridgehead atoms. The second-order valence-corrected chi connectivity index (χ2v) is 13.4. The molecule has 0 spiro atoms. The van der Waals surface area contributed by atoms with Crippen molar-refractivity contribution in [1.82, 2.24) is 0 Å². The lowest BCUT2D eigenvalue weighted by atomic mass is 9.96. The Balaban J connectivity index is 1.15. The molecule has 0 saturated heterocycles. The number of benzene rings is 9. The van der Waals surface area contributed by atoms with Gasteiger partial charge in [0.15, 0.2) is 0 Å². The molecular weight excluding hydrogens is 631 g/mol. The van der Waals surface area contributed by atoms with E-state index in [2.05, 4.69) is 193 Å². The molecule has 0 aliphatic rings. The topological polar surface area (TPSA) is 16.4 Å². The minimum atomic E-state index is 0.871. The van der Waals surface area contributed by atoms with E-state index in [1.54, 1.807) is 0 Å². The van der Waals surface area contributed by atoms with Crippen LogP contribution in [0.5, 0.6) is 0 Å². The Labute approximate surface area is 302 Å². The summed E-state index contributed by atoms with van der Waals surface area (Å²) in [5.74, 6) is 0. The fourth-order valence-corrected chi connectivity index (χ4v) is 7.67. The van der Waals surface area contributed by atoms with Crippen LogP contribution in [0, 0.1) is 0 Å². The lowest BCUT2D eigenvalue weighted by Gasteiger charge is -2.29. The van der Waals surface area contributed by atoms with E-state index in [9.17, 15) is 0 Å². The normalized spacial score (nSPS) is 11.5. The molecular formula is C50H33NO. The van der Waals surface area contributed by atoms with Crippen molar-refractivity contribution >= 4 is 60.5 Å². The molecule has 244 valence electrons. The van der Waals surface area contributed by atoms with Crippen molar-refractivity contribution in [2.75, 3.05) is 4.90 Å². The molecule has 0 saturated carbocycles. The number of furan rings is 1. The Morgan fingerprint density at radius 2 is 0.865 bits per heavy atom. The Morgan fingerprint density at radius 3 is 1.60 bits per heavy atom. The van der Waals surface area contributed by atoms with Gasteiger partial charge in [0.05, 0.1) is 16.8 Å². The van der Waals surface area contributed by atoms with Crippen LogP contribution in [0.15, 0.2) is 205 Å². The highest BCUT2D eigenvalue weighted by Crippen LogP contribution is 2.46. The minimum absolute atomic E-state index is 0.871. The molecule has 10 aromatic rings. The molecule has 1 aromatic heterocycles. The van der Waals surface area contributed by atoms with Gasteiger partial charge in [0.1, 0.15) is 11.2 Å². The molecule has 1 heterocycles. The number of para-hydroxylation sites is 2. The van der Waals surface area contributed by atoms with E-state index in [0.29, 0.717) is 0 Å². The van der Waals surface area contributed by atoms with Crippen molar-refractivity contribution in [1.29, 1.82) is 0 Å². The predicted molar refractivity (Wildman–Crippen MR) is 220 cm³/mol. The second-order valence-electron chi connectivity index (χ2n) is 13.4. The summed E-state index contributed by atoms with van der Waals surface area (Å²) in [6.07, 6.45) is 0. The van der Waals surface area contributed by atoms with Gasteiger partial charge >= 0.3 is 0 Å². The monoisotopic (exact) mass is 663 g/mol. The summed E-state index contributed by atoms with van der Waals surface area (Å²) < 4.78 is 6.40. The number of nitrogens with zero attached hydrogens (tertiary/aromatic N) is 1. The standard InChI is InChI=1S/C50H33NO/c1-3-12-34(13-4-1)38-25-22-35-23-26-39(31-41(35)30-38)40-27-24-36-28-29-43(33-42(36)32-40)51(46-18-9-7-16-44(46)37-14-5-2-6-15-37)47-19-11-21-49-50(47)45-17-8-10-20-48(45)52-49/h1-33H. The third-order valence-corrected chi connectivity index (χ3v) is 10.2. The minimum Gasteiger partial charge on any atom is -0.456 e. The predicted octanol–water partition coefficient (Wildman–Crippen LogP) is 14.4. The first-order valence-electron chi connectivity index (χ1n) is 17.8. The van der Waals surface area contributed by atoms with Crippen molar-refractivity contribution in [3.8, 4) is 33.4 Å². The average Bonchev–Trinajstić information content (AvgIpc) is 3.61. The van der Waals surface area contributed by atoms with Crippen molar-refractivity contribution in [3.05, 3.63) is 200 Å². The summed E-state index contributed by atoms with van der Waals surface area (Å²) in [4.78, 5) is 2.40. The Kier molecular flexibility index (Phi) is 7.18. The molecule has 9 aromatic carbocycles. The molecule has 0 fully saturated rings. The molecule has 0 atom stereocenters. The number of fused-ring (bicyclic) bond motifs is 5. The summed E-state index contributed by atoms with van der Waals surface area (Å²) in [5, 5.41) is 7.05. The lowest BCUT2D eigenvalue weighted by Crippen LogP contribution is -2.11. The lowest BCUT2D eigenvalue weighted by molar-refractivity contribution is 0.669. The van der Waals surface area contributed by atoms with Crippen molar-refractivity contribution in [3.63, 3.8) is 0 Å². The van der Waals surface area contributed by atoms with Gasteiger partial charge in [-0.05, 0) is 104 Å². The highest BCUT2D eigenvalue weighted by molar-refractivity contribution is 6.14. The summed E-state index contributed by atoms with van der Waals surface area (Å²) in [5.41, 5.74) is 12.2. The van der Waals surface area contributed by atoms with Gasteiger partial charge in [0.2, 0.25) is 0 Å². The van der Waals surface area contributed by atoms with Crippen LogP contribution < -0.4 is 4.90 Å². The van der Waals surface area contributed by atoms with Gasteiger partial charge in [0.25, 0.3) is 0 Å². The first-order valence-corrected chi connectivity index (χ1v) is 17.8. The first kappa shape index (κ1) is 30.0. The van der Waals surface area contributed by atoms with Gasteiger partial charge in [-0.2, -0.15) is 0 Å². The third-order valence-electron chi connectivity index (χ3n) is 10.2. The third kappa shape index (κ3) is 5.21. The zero-order chi connectivity index (χ0) is 34.4. The zero-order valence-electron chi connectivity index (χ0n) is 28.4. The van der Waals surface area contributed by atoms with E-state index in [0.717, 1.165) is 44.6 Å². The van der Waals surface area contributed by atoms with Crippen LogP contribution in [-0.2, 0) is 0 Å². The summed E-state index contributed by atoms with van der Waals surface area (Å²) in [6, 6.07) is 71.8. The highest BCUT2D eigenvalue weighted by Gasteiger charge is 2.22. The fourth-order valence-electron chi connectivity index (χ4n) is 7.67. The van der Waals surface area contributed by atoms with Crippen LogP contribution in [-0.4, -0.2) is 0 Å². The van der Waals surface area contributed by atoms with Gasteiger partial charge in [-0.15, -0.1) is 0 Å². The van der Waals surface area contributed by atoms with Crippen molar-refractivity contribution in [2.45, 2.75) is 0 Å². The summed E-state index contributed by atoms with van der Waals surface area (Å²) in [7, 11) is 0. The zero-order valence-corrected chi connectivity index (χ0v) is 28.4. The van der Waals surface area contributed by atoms with Gasteiger partial charge < -0.3 is 9.32 Å². The van der Waals surface area contributed by atoms with Gasteiger partial charge in [-0.1, -0.05) is 146 Å². The summed E-state index contributed by atoms with van der Waals surface area (Å²) >= 11 is 0. The van der Waals surface area contributed by atoms with E-state index in [-0.39, 0.29) is 0 Å². The molecule has 0 N–H and O–H groups in total. The number of anilines is 3. The Hall–Kier alpha value is -6.90. The molecule has 0 aliphatic carbocycles. The maximum Gasteiger partial charge on any atom is 0.137 e. The van der Waals surface area contributed by atoms with Gasteiger partial charge in [0, 0.05) is 16.6 Å². The highest BCUT2D eigenvalue weighted by atomic mass is 16.3. The van der Waals surface area contributed by atoms with E-state index in [4.69, 9.17) is 4.42 Å². The Bertz CT molecular complexity index is 2910. The number of hydrogen-bond donors (Lipinski definition) is 0. The van der Waals surface area contributed by atoms with Crippen LogP contribution in [0.2, 0.25) is 0 Å². The quantitative estimate of drug-likeness (QED) is 0.176. The molecule has 0 aliphatic heterocycles. The van der Waals surface area contributed by atoms with Crippen LogP contribution in [0.3, 0.4) is 0 Å². The molecule has 0 amide bonds. The SMILES string of the molecule is c1ccc(-c2ccc3ccc(-c4ccc5ccc(N(c6ccccc6-c6ccccc6)c6cccc7oc8ccccc8c67)cc5c4)cc3c2)cc1. The van der Waals surface area contributed by atoms with Crippen LogP contribution in [0.4, 0.5) is 17.1 Å². The number of rotatable bonds is 6. The van der Waals surface area contributed by atoms with Crippen molar-refractivity contribution in [2.24, 2.45) is 0 Å². The van der Waals surface area contributed by atoms with E-state index in [1.165, 1.54) is 49.4 Å². The molecule has 0 radical (unpaired) electrons. The largest absolute Gasteiger partial charge is 0.456 e. The Morgan fingerprint density at radius 1 is 0.327 bits per heavy atom. The van der Waals surface area contributed by atoms with Gasteiger partial charge in [-0.3, -0.25) is 0 Å². The van der Waals surface area contributed by atoms with Crippen LogP contribution in [0.1, 0.15) is 0 Å². The smallest absolute Gasteiger partial charge is 0.137 e. The van der Waals surface area contributed by atoms with E-state index in [1.807, 2.05) is 12.1 Å². The average molecular weight is 664 g/mol. The molecule has 2 heteroatoms. The van der Waals surface area contributed by atoms with E-state index >= 15 is 0 Å². The second kappa shape index (κ2) is 12.5. The van der Waals surface area contributed by atoms with Gasteiger partial charge in [-0.25, -0.2) is 0 Å². The fraction of sp³-hybridized carbons (Fsp3) is 0. The molecule has 10 rings (SSSR count). The molecule has 52 heavy (non-hydrogen) atoms. The maximum atomic E-state index is 6.40. The van der Waals surface area contributed by atoms with Crippen LogP contribution in [0.25, 0.3) is 76.9 Å².